The lowest BCUT2D eigenvalue weighted by molar-refractivity contribution is 0.0437. The molecule has 1 aromatic heterocycles. The summed E-state index contributed by atoms with van der Waals surface area (Å²) in [5, 5.41) is 16.3. The van der Waals surface area contributed by atoms with Gasteiger partial charge in [-0.15, -0.1) is 0 Å². The minimum Gasteiger partial charge on any atom is -0.466 e. The number of aliphatic imine (C=N–C) groups is 1. The molecule has 3 N–H and O–H groups in total. The van der Waals surface area contributed by atoms with Crippen molar-refractivity contribution in [1.82, 2.24) is 10.6 Å². The van der Waals surface area contributed by atoms with Gasteiger partial charge in [-0.2, -0.15) is 0 Å². The van der Waals surface area contributed by atoms with Crippen molar-refractivity contribution in [2.24, 2.45) is 4.99 Å². The molecule has 0 saturated heterocycles. The summed E-state index contributed by atoms with van der Waals surface area (Å²) in [6.07, 6.45) is 1.49. The van der Waals surface area contributed by atoms with Crippen LogP contribution in [0.4, 0.5) is 0 Å². The summed E-state index contributed by atoms with van der Waals surface area (Å²) < 4.78 is 28.1. The van der Waals surface area contributed by atoms with E-state index < -0.39 is 15.4 Å². The number of hydrogen-bond acceptors (Lipinski definition) is 5. The highest BCUT2D eigenvalue weighted by Gasteiger charge is 2.26. The fourth-order valence-corrected chi connectivity index (χ4v) is 2.41. The van der Waals surface area contributed by atoms with Crippen LogP contribution in [0.1, 0.15) is 26.5 Å². The van der Waals surface area contributed by atoms with Gasteiger partial charge in [0.05, 0.1) is 18.6 Å². The fourth-order valence-electron chi connectivity index (χ4n) is 1.71. The highest BCUT2D eigenvalue weighted by molar-refractivity contribution is 7.91. The standard InChI is InChI=1S/C14H25N3O4S/c1-4-15-13(16-8-10-22(19,20)5-2)17-11-14(3,18)12-7-6-9-21-12/h6-7,9,18H,4-5,8,10-11H2,1-3H3,(H2,15,16,17). The number of nitrogens with zero attached hydrogens (tertiary/aromatic N) is 1. The molecule has 0 aliphatic carbocycles. The topological polar surface area (TPSA) is 104 Å². The van der Waals surface area contributed by atoms with Gasteiger partial charge in [-0.25, -0.2) is 13.4 Å². The first-order chi connectivity index (χ1) is 10.3. The van der Waals surface area contributed by atoms with Gasteiger partial charge in [-0.1, -0.05) is 6.92 Å². The minimum absolute atomic E-state index is 0.0441. The van der Waals surface area contributed by atoms with Crippen LogP contribution < -0.4 is 10.6 Å². The Bertz CT molecular complexity index is 565. The second kappa shape index (κ2) is 8.19. The average molecular weight is 331 g/mol. The van der Waals surface area contributed by atoms with Gasteiger partial charge >= 0.3 is 0 Å². The van der Waals surface area contributed by atoms with E-state index in [4.69, 9.17) is 4.42 Å². The molecule has 1 aromatic rings. The van der Waals surface area contributed by atoms with Gasteiger partial charge in [0.1, 0.15) is 11.4 Å². The predicted octanol–water partition coefficient (Wildman–Crippen LogP) is 0.477. The van der Waals surface area contributed by atoms with E-state index in [2.05, 4.69) is 15.6 Å². The van der Waals surface area contributed by atoms with Crippen molar-refractivity contribution in [3.8, 4) is 0 Å². The summed E-state index contributed by atoms with van der Waals surface area (Å²) >= 11 is 0. The second-order valence-corrected chi connectivity index (χ2v) is 7.58. The quantitative estimate of drug-likeness (QED) is 0.473. The number of rotatable bonds is 8. The number of hydrogen-bond donors (Lipinski definition) is 3. The van der Waals surface area contributed by atoms with Crippen molar-refractivity contribution < 1.29 is 17.9 Å². The monoisotopic (exact) mass is 331 g/mol. The van der Waals surface area contributed by atoms with E-state index in [0.717, 1.165) is 0 Å². The third-order valence-corrected chi connectivity index (χ3v) is 4.79. The van der Waals surface area contributed by atoms with Crippen molar-refractivity contribution in [1.29, 1.82) is 0 Å². The Morgan fingerprint density at radius 3 is 2.68 bits per heavy atom. The van der Waals surface area contributed by atoms with Crippen LogP contribution in [0.15, 0.2) is 27.8 Å². The van der Waals surface area contributed by atoms with Crippen LogP contribution in [0.2, 0.25) is 0 Å². The molecule has 7 nitrogen and oxygen atoms in total. The van der Waals surface area contributed by atoms with Crippen molar-refractivity contribution in [2.45, 2.75) is 26.4 Å². The zero-order valence-corrected chi connectivity index (χ0v) is 14.1. The number of guanidine groups is 1. The maximum absolute atomic E-state index is 11.5. The molecule has 0 amide bonds. The minimum atomic E-state index is -3.02. The predicted molar refractivity (Wildman–Crippen MR) is 86.6 cm³/mol. The Labute approximate surface area is 131 Å². The lowest BCUT2D eigenvalue weighted by atomic mass is 10.0. The van der Waals surface area contributed by atoms with E-state index in [1.807, 2.05) is 6.92 Å². The Hall–Kier alpha value is -1.54. The smallest absolute Gasteiger partial charge is 0.191 e. The Kier molecular flexibility index (Phi) is 6.89. The Morgan fingerprint density at radius 1 is 1.41 bits per heavy atom. The normalized spacial score (nSPS) is 15.4. The molecule has 0 aliphatic heterocycles. The zero-order valence-electron chi connectivity index (χ0n) is 13.3. The van der Waals surface area contributed by atoms with Crippen molar-refractivity contribution in [3.05, 3.63) is 24.2 Å². The van der Waals surface area contributed by atoms with Gasteiger partial charge < -0.3 is 20.2 Å². The molecular weight excluding hydrogens is 306 g/mol. The SMILES string of the molecule is CCNC(=NCC(C)(O)c1ccco1)NCCS(=O)(=O)CC. The summed E-state index contributed by atoms with van der Waals surface area (Å²) in [4.78, 5) is 4.28. The summed E-state index contributed by atoms with van der Waals surface area (Å²) in [5.74, 6) is 1.05. The molecule has 1 unspecified atom stereocenters. The van der Waals surface area contributed by atoms with E-state index in [0.29, 0.717) is 18.3 Å². The maximum atomic E-state index is 11.5. The first kappa shape index (κ1) is 18.5. The first-order valence-electron chi connectivity index (χ1n) is 7.29. The average Bonchev–Trinajstić information content (AvgIpc) is 3.00. The van der Waals surface area contributed by atoms with Crippen molar-refractivity contribution in [3.63, 3.8) is 0 Å². The molecule has 0 radical (unpaired) electrons. The number of furan rings is 1. The van der Waals surface area contributed by atoms with Gasteiger partial charge in [0.15, 0.2) is 15.8 Å². The molecular formula is C14H25N3O4S. The summed E-state index contributed by atoms with van der Waals surface area (Å²) in [5.41, 5.74) is -1.22. The van der Waals surface area contributed by atoms with Gasteiger partial charge in [-0.05, 0) is 26.0 Å². The molecule has 0 bridgehead atoms. The van der Waals surface area contributed by atoms with Crippen molar-refractivity contribution in [2.75, 3.05) is 31.1 Å². The molecule has 0 saturated carbocycles. The lowest BCUT2D eigenvalue weighted by Crippen LogP contribution is -2.40. The van der Waals surface area contributed by atoms with Gasteiger partial charge in [0.25, 0.3) is 0 Å². The number of sulfone groups is 1. The molecule has 0 fully saturated rings. The van der Waals surface area contributed by atoms with Crippen LogP contribution in [0.3, 0.4) is 0 Å². The van der Waals surface area contributed by atoms with Crippen LogP contribution in [0.25, 0.3) is 0 Å². The molecule has 1 rings (SSSR count). The van der Waals surface area contributed by atoms with Gasteiger partial charge in [-0.3, -0.25) is 0 Å². The Balaban J connectivity index is 2.62. The fraction of sp³-hybridized carbons (Fsp3) is 0.643. The third kappa shape index (κ3) is 6.07. The molecule has 0 aromatic carbocycles. The molecule has 8 heteroatoms. The van der Waals surface area contributed by atoms with Gasteiger partial charge in [0, 0.05) is 18.8 Å². The number of aliphatic hydroxyl groups is 1. The molecule has 0 aliphatic rings. The number of nitrogens with one attached hydrogen (secondary N) is 2. The Morgan fingerprint density at radius 2 is 2.14 bits per heavy atom. The molecule has 1 heterocycles. The second-order valence-electron chi connectivity index (χ2n) is 5.11. The zero-order chi connectivity index (χ0) is 16.6. The van der Waals surface area contributed by atoms with E-state index in [-0.39, 0.29) is 24.6 Å². The molecule has 22 heavy (non-hydrogen) atoms. The maximum Gasteiger partial charge on any atom is 0.191 e. The third-order valence-electron chi connectivity index (χ3n) is 3.09. The van der Waals surface area contributed by atoms with Crippen LogP contribution in [0, 0.1) is 0 Å². The van der Waals surface area contributed by atoms with E-state index in [1.165, 1.54) is 6.26 Å². The highest BCUT2D eigenvalue weighted by Crippen LogP contribution is 2.20. The summed E-state index contributed by atoms with van der Waals surface area (Å²) in [6, 6.07) is 3.39. The lowest BCUT2D eigenvalue weighted by Gasteiger charge is -2.19. The molecule has 126 valence electrons. The summed E-state index contributed by atoms with van der Waals surface area (Å²) in [7, 11) is -3.02. The van der Waals surface area contributed by atoms with E-state index in [1.54, 1.807) is 26.0 Å². The van der Waals surface area contributed by atoms with Gasteiger partial charge in [0.2, 0.25) is 0 Å². The van der Waals surface area contributed by atoms with Crippen molar-refractivity contribution >= 4 is 15.8 Å². The van der Waals surface area contributed by atoms with E-state index >= 15 is 0 Å². The van der Waals surface area contributed by atoms with Crippen LogP contribution in [0.5, 0.6) is 0 Å². The highest BCUT2D eigenvalue weighted by atomic mass is 32.2. The largest absolute Gasteiger partial charge is 0.466 e. The molecule has 1 atom stereocenters. The van der Waals surface area contributed by atoms with Crippen LogP contribution in [-0.4, -0.2) is 50.6 Å². The summed E-state index contributed by atoms with van der Waals surface area (Å²) in [6.45, 7) is 6.14. The van der Waals surface area contributed by atoms with Crippen LogP contribution in [-0.2, 0) is 15.4 Å². The molecule has 0 spiro atoms. The van der Waals surface area contributed by atoms with Crippen LogP contribution >= 0.6 is 0 Å². The first-order valence-corrected chi connectivity index (χ1v) is 9.12. The van der Waals surface area contributed by atoms with E-state index in [9.17, 15) is 13.5 Å².